The molecule has 0 amide bonds. The smallest absolute Gasteiger partial charge is 0.295 e. The Morgan fingerprint density at radius 2 is 1.56 bits per heavy atom. The highest BCUT2D eigenvalue weighted by Gasteiger charge is 2.45. The quantitative estimate of drug-likeness (QED) is 0.538. The summed E-state index contributed by atoms with van der Waals surface area (Å²) >= 11 is 2.42. The minimum atomic E-state index is -5.20. The van der Waals surface area contributed by atoms with Crippen LogP contribution in [-0.4, -0.2) is 5.78 Å². The van der Waals surface area contributed by atoms with Crippen LogP contribution in [-0.2, 0) is 12.4 Å². The number of halogens is 7. The van der Waals surface area contributed by atoms with Gasteiger partial charge in [-0.1, -0.05) is 15.9 Å². The van der Waals surface area contributed by atoms with Crippen LogP contribution in [0.2, 0.25) is 0 Å². The minimum absolute atomic E-state index is 0.204. The summed E-state index contributed by atoms with van der Waals surface area (Å²) in [6, 6.07) is 0.927. The highest BCUT2D eigenvalue weighted by Crippen LogP contribution is 2.44. The van der Waals surface area contributed by atoms with Gasteiger partial charge in [0.25, 0.3) is 0 Å². The Hall–Kier alpha value is -1.05. The van der Waals surface area contributed by atoms with Gasteiger partial charge in [0.05, 0.1) is 11.1 Å². The minimum Gasteiger partial charge on any atom is -0.295 e. The zero-order valence-electron chi connectivity index (χ0n) is 8.71. The fourth-order valence-corrected chi connectivity index (χ4v) is 2.01. The lowest BCUT2D eigenvalue weighted by molar-refractivity contribution is -0.162. The molecule has 0 atom stereocenters. The molecule has 0 aliphatic heterocycles. The molecule has 0 aromatic heterocycles. The lowest BCUT2D eigenvalue weighted by Crippen LogP contribution is -2.18. The van der Waals surface area contributed by atoms with Crippen LogP contribution in [0.5, 0.6) is 0 Å². The highest BCUT2D eigenvalue weighted by atomic mass is 79.9. The maximum atomic E-state index is 12.6. The Balaban J connectivity index is 3.67. The normalized spacial score (nSPS) is 12.7. The van der Waals surface area contributed by atoms with E-state index in [2.05, 4.69) is 15.9 Å². The number of hydrogen-bond donors (Lipinski definition) is 0. The second kappa shape index (κ2) is 4.56. The van der Waals surface area contributed by atoms with Crippen molar-refractivity contribution in [2.75, 3.05) is 0 Å². The summed E-state index contributed by atoms with van der Waals surface area (Å²) in [6.45, 7) is 0.967. The molecule has 1 nitrogen and oxygen atoms in total. The molecule has 1 aromatic rings. The molecule has 0 saturated heterocycles. The van der Waals surface area contributed by atoms with Crippen molar-refractivity contribution in [2.45, 2.75) is 19.3 Å². The van der Waals surface area contributed by atoms with Crippen LogP contribution in [0.15, 0.2) is 16.6 Å². The first-order valence-electron chi connectivity index (χ1n) is 4.43. The zero-order valence-corrected chi connectivity index (χ0v) is 10.3. The van der Waals surface area contributed by atoms with Crippen molar-refractivity contribution in [3.05, 3.63) is 33.3 Å². The van der Waals surface area contributed by atoms with Crippen LogP contribution in [0.25, 0.3) is 0 Å². The van der Waals surface area contributed by atoms with Crippen LogP contribution < -0.4 is 0 Å². The molecule has 18 heavy (non-hydrogen) atoms. The molecule has 0 radical (unpaired) electrons. The van der Waals surface area contributed by atoms with Crippen LogP contribution in [0.1, 0.15) is 28.4 Å². The van der Waals surface area contributed by atoms with Gasteiger partial charge in [-0.05, 0) is 19.1 Å². The van der Waals surface area contributed by atoms with Gasteiger partial charge in [-0.2, -0.15) is 26.3 Å². The maximum Gasteiger partial charge on any atom is 0.418 e. The first-order chi connectivity index (χ1) is 7.94. The number of benzene rings is 1. The van der Waals surface area contributed by atoms with E-state index >= 15 is 0 Å². The molecule has 1 aromatic carbocycles. The van der Waals surface area contributed by atoms with Gasteiger partial charge in [0.2, 0.25) is 0 Å². The van der Waals surface area contributed by atoms with Crippen LogP contribution in [0, 0.1) is 0 Å². The third-order valence-corrected chi connectivity index (χ3v) is 2.71. The summed E-state index contributed by atoms with van der Waals surface area (Å²) in [6.07, 6.45) is -10.4. The lowest BCUT2D eigenvalue weighted by atomic mass is 10.0. The Labute approximate surface area is 106 Å². The van der Waals surface area contributed by atoms with E-state index in [-0.39, 0.29) is 6.07 Å². The molecule has 0 N–H and O–H groups in total. The average molecular weight is 335 g/mol. The standard InChI is InChI=1S/C10H5BrF6O/c1-4(18)5-2-6(9(12,13)14)8(7(11)3-5)10(15,16)17/h2-3H,1H3. The van der Waals surface area contributed by atoms with Gasteiger partial charge in [-0.15, -0.1) is 0 Å². The van der Waals surface area contributed by atoms with E-state index in [1.165, 1.54) is 0 Å². The van der Waals surface area contributed by atoms with Gasteiger partial charge in [0.15, 0.2) is 5.78 Å². The summed E-state index contributed by atoms with van der Waals surface area (Å²) in [7, 11) is 0. The molecule has 0 aliphatic rings. The predicted molar refractivity (Wildman–Crippen MR) is 54.2 cm³/mol. The van der Waals surface area contributed by atoms with Crippen LogP contribution >= 0.6 is 15.9 Å². The Morgan fingerprint density at radius 1 is 1.06 bits per heavy atom. The van der Waals surface area contributed by atoms with E-state index < -0.39 is 39.3 Å². The monoisotopic (exact) mass is 334 g/mol. The molecule has 0 fully saturated rings. The Morgan fingerprint density at radius 3 is 1.89 bits per heavy atom. The van der Waals surface area contributed by atoms with E-state index in [1.54, 1.807) is 0 Å². The lowest BCUT2D eigenvalue weighted by Gasteiger charge is -2.17. The van der Waals surface area contributed by atoms with Crippen LogP contribution in [0.3, 0.4) is 0 Å². The second-order valence-electron chi connectivity index (χ2n) is 3.43. The third-order valence-electron chi connectivity index (χ3n) is 2.09. The largest absolute Gasteiger partial charge is 0.418 e. The molecule has 0 heterocycles. The number of alkyl halides is 6. The molecule has 0 saturated carbocycles. The summed E-state index contributed by atoms with van der Waals surface area (Å²) in [5.74, 6) is -0.755. The van der Waals surface area contributed by atoms with Gasteiger partial charge >= 0.3 is 12.4 Å². The summed E-state index contributed by atoms with van der Waals surface area (Å²) in [4.78, 5) is 11.0. The number of hydrogen-bond acceptors (Lipinski definition) is 1. The Bertz CT molecular complexity index is 488. The van der Waals surface area contributed by atoms with Crippen molar-refractivity contribution in [1.29, 1.82) is 0 Å². The molecule has 0 spiro atoms. The topological polar surface area (TPSA) is 17.1 Å². The van der Waals surface area contributed by atoms with Gasteiger partial charge in [-0.25, -0.2) is 0 Å². The maximum absolute atomic E-state index is 12.6. The number of carbonyl (C=O) groups excluding carboxylic acids is 1. The molecule has 1 rings (SSSR count). The zero-order chi connectivity index (χ0) is 14.3. The molecular formula is C10H5BrF6O. The van der Waals surface area contributed by atoms with Gasteiger partial charge in [0.1, 0.15) is 0 Å². The fourth-order valence-electron chi connectivity index (χ4n) is 1.32. The van der Waals surface area contributed by atoms with E-state index in [0.29, 0.717) is 0 Å². The van der Waals surface area contributed by atoms with Gasteiger partial charge < -0.3 is 0 Å². The predicted octanol–water partition coefficient (Wildman–Crippen LogP) is 4.69. The highest BCUT2D eigenvalue weighted by molar-refractivity contribution is 9.10. The van der Waals surface area contributed by atoms with Crippen molar-refractivity contribution in [3.63, 3.8) is 0 Å². The third kappa shape index (κ3) is 3.04. The molecule has 0 unspecified atom stereocenters. The van der Waals surface area contributed by atoms with E-state index in [4.69, 9.17) is 0 Å². The summed E-state index contributed by atoms with van der Waals surface area (Å²) in [5, 5.41) is 0. The number of carbonyl (C=O) groups is 1. The first kappa shape index (κ1) is 15.0. The molecule has 8 heteroatoms. The van der Waals surface area contributed by atoms with Gasteiger partial charge in [0, 0.05) is 10.0 Å². The van der Waals surface area contributed by atoms with Crippen molar-refractivity contribution >= 4 is 21.7 Å². The fraction of sp³-hybridized carbons (Fsp3) is 0.300. The van der Waals surface area contributed by atoms with Crippen molar-refractivity contribution < 1.29 is 31.1 Å². The summed E-state index contributed by atoms with van der Waals surface area (Å²) < 4.78 is 74.6. The van der Waals surface area contributed by atoms with E-state index in [0.717, 1.165) is 13.0 Å². The SMILES string of the molecule is CC(=O)c1cc(Br)c(C(F)(F)F)c(C(F)(F)F)c1. The molecule has 0 aliphatic carbocycles. The summed E-state index contributed by atoms with van der Waals surface area (Å²) in [5.41, 5.74) is -4.16. The first-order valence-corrected chi connectivity index (χ1v) is 5.22. The number of rotatable bonds is 1. The van der Waals surface area contributed by atoms with Crippen molar-refractivity contribution in [3.8, 4) is 0 Å². The van der Waals surface area contributed by atoms with Crippen molar-refractivity contribution in [2.24, 2.45) is 0 Å². The van der Waals surface area contributed by atoms with Gasteiger partial charge in [-0.3, -0.25) is 4.79 Å². The van der Waals surface area contributed by atoms with E-state index in [9.17, 15) is 31.1 Å². The average Bonchev–Trinajstić information content (AvgIpc) is 2.12. The second-order valence-corrected chi connectivity index (χ2v) is 4.29. The van der Waals surface area contributed by atoms with Crippen LogP contribution in [0.4, 0.5) is 26.3 Å². The van der Waals surface area contributed by atoms with Crippen molar-refractivity contribution in [1.82, 2.24) is 0 Å². The molecule has 0 bridgehead atoms. The molecular weight excluding hydrogens is 330 g/mol. The van der Waals surface area contributed by atoms with E-state index in [1.807, 2.05) is 0 Å². The number of ketones is 1. The molecule has 100 valence electrons. The Kier molecular flexibility index (Phi) is 3.81. The number of Topliss-reactive ketones (excluding diaryl/α,β-unsaturated/α-hetero) is 1.